The first-order chi connectivity index (χ1) is 8.60. The third-order valence-electron chi connectivity index (χ3n) is 2.01. The molecule has 0 radical (unpaired) electrons. The molecule has 1 heterocycles. The van der Waals surface area contributed by atoms with Gasteiger partial charge in [-0.25, -0.2) is 4.98 Å². The van der Waals surface area contributed by atoms with Crippen LogP contribution in [-0.4, -0.2) is 17.5 Å². The molecule has 4 nitrogen and oxygen atoms in total. The summed E-state index contributed by atoms with van der Waals surface area (Å²) >= 11 is 1.17. The van der Waals surface area contributed by atoms with Gasteiger partial charge in [0.15, 0.2) is 10.9 Å². The number of nitrogens with one attached hydrogen (secondary N) is 1. The first kappa shape index (κ1) is 12.4. The van der Waals surface area contributed by atoms with Gasteiger partial charge in [-0.2, -0.15) is 8.78 Å². The third-order valence-corrected chi connectivity index (χ3v) is 2.95. The molecule has 1 aromatic carbocycles. The van der Waals surface area contributed by atoms with Gasteiger partial charge in [0, 0.05) is 0 Å². The summed E-state index contributed by atoms with van der Waals surface area (Å²) in [6, 6.07) is 4.68. The van der Waals surface area contributed by atoms with Crippen molar-refractivity contribution >= 4 is 32.6 Å². The zero-order chi connectivity index (χ0) is 13.1. The second-order valence-electron chi connectivity index (χ2n) is 3.19. The molecule has 0 unspecified atom stereocenters. The van der Waals surface area contributed by atoms with E-state index in [2.05, 4.69) is 21.6 Å². The van der Waals surface area contributed by atoms with E-state index < -0.39 is 12.5 Å². The van der Waals surface area contributed by atoms with Gasteiger partial charge in [-0.1, -0.05) is 24.0 Å². The second kappa shape index (κ2) is 5.09. The van der Waals surface area contributed by atoms with Gasteiger partial charge in [-0.3, -0.25) is 10.1 Å². The summed E-state index contributed by atoms with van der Waals surface area (Å²) in [7, 11) is 0. The molecule has 0 fully saturated rings. The standard InChI is InChI=1S/C11H8F2N2O2S/c1-2-8(16)14-11-15-9-6(17-10(12)13)4-3-5-7(9)18-11/h2-5,10H,1H2,(H,14,15,16). The molecule has 2 rings (SSSR count). The predicted octanol–water partition coefficient (Wildman–Crippen LogP) is 3.02. The van der Waals surface area contributed by atoms with E-state index in [0.717, 1.165) is 6.08 Å². The normalized spacial score (nSPS) is 10.6. The molecule has 1 N–H and O–H groups in total. The second-order valence-corrected chi connectivity index (χ2v) is 4.22. The van der Waals surface area contributed by atoms with Crippen LogP contribution in [-0.2, 0) is 4.79 Å². The van der Waals surface area contributed by atoms with Crippen LogP contribution in [0.25, 0.3) is 10.2 Å². The van der Waals surface area contributed by atoms with Crippen molar-refractivity contribution in [3.05, 3.63) is 30.9 Å². The number of carbonyl (C=O) groups excluding carboxylic acids is 1. The smallest absolute Gasteiger partial charge is 0.387 e. The van der Waals surface area contributed by atoms with Crippen LogP contribution in [0.1, 0.15) is 0 Å². The number of alkyl halides is 2. The first-order valence-electron chi connectivity index (χ1n) is 4.88. The highest BCUT2D eigenvalue weighted by molar-refractivity contribution is 7.22. The van der Waals surface area contributed by atoms with Crippen molar-refractivity contribution in [2.75, 3.05) is 5.32 Å². The fourth-order valence-electron chi connectivity index (χ4n) is 1.32. The summed E-state index contributed by atoms with van der Waals surface area (Å²) in [5.41, 5.74) is 0.294. The van der Waals surface area contributed by atoms with Gasteiger partial charge in [-0.05, 0) is 18.2 Å². The molecule has 2 aromatic rings. The van der Waals surface area contributed by atoms with Gasteiger partial charge in [0.2, 0.25) is 5.91 Å². The highest BCUT2D eigenvalue weighted by Crippen LogP contribution is 2.32. The molecule has 18 heavy (non-hydrogen) atoms. The van der Waals surface area contributed by atoms with E-state index in [0.29, 0.717) is 15.3 Å². The maximum atomic E-state index is 12.2. The molecule has 0 aliphatic rings. The highest BCUT2D eigenvalue weighted by Gasteiger charge is 2.13. The average Bonchev–Trinajstić information content (AvgIpc) is 2.71. The van der Waals surface area contributed by atoms with Gasteiger partial charge in [0.1, 0.15) is 5.52 Å². The molecule has 0 aliphatic heterocycles. The van der Waals surface area contributed by atoms with Gasteiger partial charge < -0.3 is 4.74 Å². The molecular weight excluding hydrogens is 262 g/mol. The number of fused-ring (bicyclic) bond motifs is 1. The van der Waals surface area contributed by atoms with Gasteiger partial charge in [-0.15, -0.1) is 0 Å². The number of para-hydroxylation sites is 1. The molecular formula is C11H8F2N2O2S. The number of nitrogens with zero attached hydrogens (tertiary/aromatic N) is 1. The Hall–Kier alpha value is -2.02. The first-order valence-corrected chi connectivity index (χ1v) is 5.69. The van der Waals surface area contributed by atoms with Crippen molar-refractivity contribution in [2.45, 2.75) is 6.61 Å². The number of rotatable bonds is 4. The molecule has 0 aliphatic carbocycles. The Morgan fingerprint density at radius 2 is 2.33 bits per heavy atom. The Morgan fingerprint density at radius 1 is 1.56 bits per heavy atom. The number of aromatic nitrogens is 1. The Kier molecular flexibility index (Phi) is 3.52. The summed E-state index contributed by atoms with van der Waals surface area (Å²) in [4.78, 5) is 15.1. The molecule has 1 aromatic heterocycles. The molecule has 0 bridgehead atoms. The summed E-state index contributed by atoms with van der Waals surface area (Å²) in [6.45, 7) is 0.395. The van der Waals surface area contributed by atoms with Crippen LogP contribution >= 0.6 is 11.3 Å². The Balaban J connectivity index is 2.37. The van der Waals surface area contributed by atoms with Crippen molar-refractivity contribution in [1.82, 2.24) is 4.98 Å². The van der Waals surface area contributed by atoms with Crippen LogP contribution in [0.2, 0.25) is 0 Å². The van der Waals surface area contributed by atoms with E-state index in [1.165, 1.54) is 17.4 Å². The van der Waals surface area contributed by atoms with Gasteiger partial charge in [0.25, 0.3) is 0 Å². The number of halogens is 2. The number of hydrogen-bond acceptors (Lipinski definition) is 4. The number of benzene rings is 1. The molecule has 0 spiro atoms. The molecule has 0 saturated heterocycles. The lowest BCUT2D eigenvalue weighted by Gasteiger charge is -2.03. The van der Waals surface area contributed by atoms with Gasteiger partial charge in [0.05, 0.1) is 4.70 Å². The van der Waals surface area contributed by atoms with E-state index >= 15 is 0 Å². The lowest BCUT2D eigenvalue weighted by Crippen LogP contribution is -2.06. The number of ether oxygens (including phenoxy) is 1. The van der Waals surface area contributed by atoms with Crippen molar-refractivity contribution < 1.29 is 18.3 Å². The Labute approximate surface area is 105 Å². The lowest BCUT2D eigenvalue weighted by atomic mass is 10.3. The maximum Gasteiger partial charge on any atom is 0.387 e. The maximum absolute atomic E-state index is 12.2. The predicted molar refractivity (Wildman–Crippen MR) is 65.1 cm³/mol. The van der Waals surface area contributed by atoms with E-state index in [-0.39, 0.29) is 5.75 Å². The third kappa shape index (κ3) is 2.62. The van der Waals surface area contributed by atoms with Crippen LogP contribution in [0.3, 0.4) is 0 Å². The Morgan fingerprint density at radius 3 is 3.00 bits per heavy atom. The van der Waals surface area contributed by atoms with Crippen LogP contribution in [0, 0.1) is 0 Å². The van der Waals surface area contributed by atoms with Crippen LogP contribution in [0.5, 0.6) is 5.75 Å². The number of hydrogen-bond donors (Lipinski definition) is 1. The summed E-state index contributed by atoms with van der Waals surface area (Å²) in [5.74, 6) is -0.428. The minimum Gasteiger partial charge on any atom is -0.432 e. The number of amides is 1. The SMILES string of the molecule is C=CC(=O)Nc1nc2c(OC(F)F)cccc2s1. The highest BCUT2D eigenvalue weighted by atomic mass is 32.1. The van der Waals surface area contributed by atoms with E-state index in [1.54, 1.807) is 12.1 Å². The minimum atomic E-state index is -2.91. The molecule has 7 heteroatoms. The topological polar surface area (TPSA) is 51.2 Å². The zero-order valence-electron chi connectivity index (χ0n) is 9.02. The largest absolute Gasteiger partial charge is 0.432 e. The monoisotopic (exact) mass is 270 g/mol. The van der Waals surface area contributed by atoms with E-state index in [9.17, 15) is 13.6 Å². The molecule has 0 atom stereocenters. The molecule has 94 valence electrons. The van der Waals surface area contributed by atoms with Crippen molar-refractivity contribution in [1.29, 1.82) is 0 Å². The van der Waals surface area contributed by atoms with Crippen molar-refractivity contribution in [3.63, 3.8) is 0 Å². The Bertz CT molecular complexity index is 598. The number of thiazole rings is 1. The number of anilines is 1. The summed E-state index contributed by atoms with van der Waals surface area (Å²) in [5, 5.41) is 2.77. The van der Waals surface area contributed by atoms with Crippen LogP contribution in [0.15, 0.2) is 30.9 Å². The molecule has 1 amide bonds. The average molecular weight is 270 g/mol. The van der Waals surface area contributed by atoms with Crippen LogP contribution in [0.4, 0.5) is 13.9 Å². The summed E-state index contributed by atoms with van der Waals surface area (Å²) < 4.78 is 29.4. The quantitative estimate of drug-likeness (QED) is 0.869. The van der Waals surface area contributed by atoms with Crippen molar-refractivity contribution in [3.8, 4) is 5.75 Å². The van der Waals surface area contributed by atoms with E-state index in [4.69, 9.17) is 0 Å². The minimum absolute atomic E-state index is 0.0159. The number of carbonyl (C=O) groups is 1. The van der Waals surface area contributed by atoms with Crippen LogP contribution < -0.4 is 10.1 Å². The van der Waals surface area contributed by atoms with Gasteiger partial charge >= 0.3 is 6.61 Å². The lowest BCUT2D eigenvalue weighted by molar-refractivity contribution is -0.111. The molecule has 0 saturated carbocycles. The summed E-state index contributed by atoms with van der Waals surface area (Å²) in [6.07, 6.45) is 1.10. The van der Waals surface area contributed by atoms with Crippen molar-refractivity contribution in [2.24, 2.45) is 0 Å². The fourth-order valence-corrected chi connectivity index (χ4v) is 2.21. The van der Waals surface area contributed by atoms with E-state index in [1.807, 2.05) is 0 Å². The fraction of sp³-hybridized carbons (Fsp3) is 0.0909. The zero-order valence-corrected chi connectivity index (χ0v) is 9.84.